The number of dihydropyridines is 1. The Hall–Kier alpha value is -2.85. The summed E-state index contributed by atoms with van der Waals surface area (Å²) in [6.45, 7) is 6.23. The van der Waals surface area contributed by atoms with Crippen LogP contribution >= 0.6 is 11.6 Å². The molecule has 4 nitrogen and oxygen atoms in total. The van der Waals surface area contributed by atoms with E-state index >= 15 is 0 Å². The molecule has 0 fully saturated rings. The molecule has 2 aromatic carbocycles. The van der Waals surface area contributed by atoms with Crippen LogP contribution < -0.4 is 5.32 Å². The lowest BCUT2D eigenvalue weighted by Crippen LogP contribution is -2.38. The highest BCUT2D eigenvalue weighted by atomic mass is 35.5. The molecule has 2 aromatic rings. The van der Waals surface area contributed by atoms with Crippen molar-refractivity contribution >= 4 is 29.1 Å². The first-order chi connectivity index (χ1) is 14.8. The van der Waals surface area contributed by atoms with Crippen molar-refractivity contribution < 1.29 is 14.3 Å². The van der Waals surface area contributed by atoms with Crippen LogP contribution in [0.4, 0.5) is 0 Å². The normalized spacial score (nSPS) is 20.3. The fraction of sp³-hybridized carbons (Fsp3) is 0.308. The Morgan fingerprint density at radius 1 is 1.10 bits per heavy atom. The van der Waals surface area contributed by atoms with E-state index in [-0.39, 0.29) is 17.8 Å². The number of hydrogen-bond donors (Lipinski definition) is 1. The smallest absolute Gasteiger partial charge is 0.337 e. The minimum absolute atomic E-state index is 0.0626. The monoisotopic (exact) mass is 435 g/mol. The number of esters is 1. The van der Waals surface area contributed by atoms with E-state index in [4.69, 9.17) is 16.3 Å². The molecule has 0 bridgehead atoms. The van der Waals surface area contributed by atoms with Crippen molar-refractivity contribution in [2.24, 2.45) is 5.41 Å². The molecule has 0 saturated heterocycles. The third-order valence-electron chi connectivity index (χ3n) is 5.80. The number of carbonyl (C=O) groups excluding carboxylic acids is 2. The molecular weight excluding hydrogens is 410 g/mol. The highest BCUT2D eigenvalue weighted by molar-refractivity contribution is 6.30. The van der Waals surface area contributed by atoms with Crippen LogP contribution in [-0.4, -0.2) is 18.4 Å². The summed E-state index contributed by atoms with van der Waals surface area (Å²) in [6.07, 6.45) is 1.17. The van der Waals surface area contributed by atoms with Crippen LogP contribution in [0.5, 0.6) is 0 Å². The molecule has 0 radical (unpaired) electrons. The third-order valence-corrected chi connectivity index (χ3v) is 6.06. The lowest BCUT2D eigenvalue weighted by atomic mass is 9.68. The first-order valence-corrected chi connectivity index (χ1v) is 10.9. The maximum Gasteiger partial charge on any atom is 0.337 e. The second-order valence-electron chi connectivity index (χ2n) is 8.82. The van der Waals surface area contributed by atoms with Crippen LogP contribution in [0.3, 0.4) is 0 Å². The van der Waals surface area contributed by atoms with Gasteiger partial charge in [-0.15, -0.1) is 0 Å². The van der Waals surface area contributed by atoms with E-state index in [9.17, 15) is 9.59 Å². The van der Waals surface area contributed by atoms with Crippen LogP contribution in [0, 0.1) is 5.41 Å². The molecule has 5 heteroatoms. The molecule has 1 unspecified atom stereocenters. The van der Waals surface area contributed by atoms with Crippen LogP contribution in [0.15, 0.2) is 71.4 Å². The van der Waals surface area contributed by atoms with E-state index in [1.165, 1.54) is 0 Å². The number of Topliss-reactive ketones (excluding diaryl/α,β-unsaturated/α-hetero) is 1. The Balaban J connectivity index is 1.98. The van der Waals surface area contributed by atoms with Crippen molar-refractivity contribution in [1.82, 2.24) is 5.32 Å². The molecule has 160 valence electrons. The number of nitrogens with one attached hydrogen (secondary N) is 1. The van der Waals surface area contributed by atoms with Gasteiger partial charge >= 0.3 is 5.97 Å². The molecule has 0 spiro atoms. The van der Waals surface area contributed by atoms with Crippen molar-refractivity contribution in [3.8, 4) is 0 Å². The molecule has 1 atom stereocenters. The SMILES string of the molecule is CCOC(=O)C1=C(c2ccccc2)NC2=C(C(=O)CC(C)(C)C2)C1c1ccc(Cl)cc1. The van der Waals surface area contributed by atoms with Gasteiger partial charge < -0.3 is 10.1 Å². The molecule has 1 aliphatic heterocycles. The van der Waals surface area contributed by atoms with Gasteiger partial charge in [-0.05, 0) is 42.0 Å². The van der Waals surface area contributed by atoms with Gasteiger partial charge in [0.25, 0.3) is 0 Å². The van der Waals surface area contributed by atoms with Crippen molar-refractivity contribution in [2.75, 3.05) is 6.61 Å². The van der Waals surface area contributed by atoms with Crippen molar-refractivity contribution in [1.29, 1.82) is 0 Å². The summed E-state index contributed by atoms with van der Waals surface area (Å²) < 4.78 is 5.47. The number of carbonyl (C=O) groups is 2. The number of benzene rings is 2. The van der Waals surface area contributed by atoms with Gasteiger partial charge in [-0.25, -0.2) is 4.79 Å². The van der Waals surface area contributed by atoms with Crippen LogP contribution in [0.2, 0.25) is 5.02 Å². The van der Waals surface area contributed by atoms with Gasteiger partial charge in [0.2, 0.25) is 0 Å². The van der Waals surface area contributed by atoms with Gasteiger partial charge in [0.15, 0.2) is 5.78 Å². The minimum Gasteiger partial charge on any atom is -0.463 e. The Labute approximate surface area is 187 Å². The van der Waals surface area contributed by atoms with Crippen molar-refractivity contribution in [3.05, 3.63) is 87.6 Å². The summed E-state index contributed by atoms with van der Waals surface area (Å²) in [6, 6.07) is 17.1. The summed E-state index contributed by atoms with van der Waals surface area (Å²) in [7, 11) is 0. The highest BCUT2D eigenvalue weighted by Gasteiger charge is 2.44. The molecule has 1 N–H and O–H groups in total. The van der Waals surface area contributed by atoms with Gasteiger partial charge in [-0.2, -0.15) is 0 Å². The maximum atomic E-state index is 13.4. The fourth-order valence-corrected chi connectivity index (χ4v) is 4.66. The molecule has 1 aliphatic carbocycles. The van der Waals surface area contributed by atoms with Gasteiger partial charge in [-0.3, -0.25) is 4.79 Å². The molecular formula is C26H26ClNO3. The van der Waals surface area contributed by atoms with E-state index in [0.717, 1.165) is 23.2 Å². The topological polar surface area (TPSA) is 55.4 Å². The number of allylic oxidation sites excluding steroid dienone is 2. The van der Waals surface area contributed by atoms with Crippen LogP contribution in [0.25, 0.3) is 5.70 Å². The molecule has 31 heavy (non-hydrogen) atoms. The van der Waals surface area contributed by atoms with E-state index in [1.807, 2.05) is 42.5 Å². The standard InChI is InChI=1S/C26H26ClNO3/c1-4-31-25(30)23-21(16-10-12-18(27)13-11-16)22-19(14-26(2,3)15-20(22)29)28-24(23)17-8-6-5-7-9-17/h5-13,21,28H,4,14-15H2,1-3H3. The highest BCUT2D eigenvalue weighted by Crippen LogP contribution is 2.48. The van der Waals surface area contributed by atoms with Gasteiger partial charge in [0.1, 0.15) is 0 Å². The average Bonchev–Trinajstić information content (AvgIpc) is 2.73. The number of hydrogen-bond acceptors (Lipinski definition) is 4. The predicted octanol–water partition coefficient (Wildman–Crippen LogP) is 5.64. The zero-order valence-electron chi connectivity index (χ0n) is 18.0. The average molecular weight is 436 g/mol. The largest absolute Gasteiger partial charge is 0.463 e. The summed E-state index contributed by atoms with van der Waals surface area (Å²) in [5, 5.41) is 4.07. The first-order valence-electron chi connectivity index (χ1n) is 10.6. The summed E-state index contributed by atoms with van der Waals surface area (Å²) in [4.78, 5) is 26.6. The van der Waals surface area contributed by atoms with E-state index < -0.39 is 11.9 Å². The van der Waals surface area contributed by atoms with Crippen LogP contribution in [0.1, 0.15) is 50.7 Å². The number of halogens is 1. The molecule has 4 rings (SSSR count). The Morgan fingerprint density at radius 3 is 2.42 bits per heavy atom. The summed E-state index contributed by atoms with van der Waals surface area (Å²) in [5.74, 6) is -0.864. The lowest BCUT2D eigenvalue weighted by molar-refractivity contribution is -0.138. The van der Waals surface area contributed by atoms with Crippen molar-refractivity contribution in [2.45, 2.75) is 39.5 Å². The Kier molecular flexibility index (Phi) is 5.76. The number of ketones is 1. The molecule has 1 heterocycles. The maximum absolute atomic E-state index is 13.4. The molecule has 2 aliphatic rings. The quantitative estimate of drug-likeness (QED) is 0.631. The molecule has 0 saturated carbocycles. The van der Waals surface area contributed by atoms with Crippen molar-refractivity contribution in [3.63, 3.8) is 0 Å². The van der Waals surface area contributed by atoms with Gasteiger partial charge in [-0.1, -0.05) is 67.9 Å². The summed E-state index contributed by atoms with van der Waals surface area (Å²) in [5.41, 5.74) is 4.27. The Morgan fingerprint density at radius 2 is 1.77 bits per heavy atom. The van der Waals surface area contributed by atoms with Crippen LogP contribution in [-0.2, 0) is 14.3 Å². The Bertz CT molecular complexity index is 1080. The zero-order valence-corrected chi connectivity index (χ0v) is 18.8. The third kappa shape index (κ3) is 4.17. The van der Waals surface area contributed by atoms with E-state index in [2.05, 4.69) is 19.2 Å². The van der Waals surface area contributed by atoms with Gasteiger partial charge in [0.05, 0.1) is 17.9 Å². The summed E-state index contributed by atoms with van der Waals surface area (Å²) >= 11 is 6.13. The zero-order chi connectivity index (χ0) is 22.2. The molecule has 0 aromatic heterocycles. The van der Waals surface area contributed by atoms with Gasteiger partial charge in [0, 0.05) is 28.6 Å². The van der Waals surface area contributed by atoms with E-state index in [1.54, 1.807) is 19.1 Å². The van der Waals surface area contributed by atoms with E-state index in [0.29, 0.717) is 28.3 Å². The molecule has 0 amide bonds. The number of rotatable bonds is 4. The first kappa shape index (κ1) is 21.4. The second-order valence-corrected chi connectivity index (χ2v) is 9.25. The second kappa shape index (κ2) is 8.35. The fourth-order valence-electron chi connectivity index (χ4n) is 4.54. The minimum atomic E-state index is -0.508. The predicted molar refractivity (Wildman–Crippen MR) is 122 cm³/mol. The lowest BCUT2D eigenvalue weighted by Gasteiger charge is -2.40. The number of ether oxygens (including phenoxy) is 1.